The highest BCUT2D eigenvalue weighted by Gasteiger charge is 2.15. The second-order valence-corrected chi connectivity index (χ2v) is 13.5. The molecule has 8 aromatic rings. The molecule has 276 valence electrons. The maximum absolute atomic E-state index is 5.22. The third-order valence-corrected chi connectivity index (χ3v) is 9.15. The number of methoxy groups -OCH3 is 2. The molecule has 0 unspecified atom stereocenters. The zero-order valence-corrected chi connectivity index (χ0v) is 32.7. The summed E-state index contributed by atoms with van der Waals surface area (Å²) in [5.41, 5.74) is 9.05. The van der Waals surface area contributed by atoms with Crippen molar-refractivity contribution in [1.82, 2.24) is 40.4 Å². The highest BCUT2D eigenvalue weighted by Crippen LogP contribution is 2.31. The lowest BCUT2D eigenvalue weighted by molar-refractivity contribution is 0.414. The second kappa shape index (κ2) is 19.0. The third kappa shape index (κ3) is 10.6. The fourth-order valence-electron chi connectivity index (χ4n) is 5.61. The minimum absolute atomic E-state index is 0.592. The van der Waals surface area contributed by atoms with Gasteiger partial charge in [0.2, 0.25) is 0 Å². The van der Waals surface area contributed by atoms with Gasteiger partial charge in [0.1, 0.15) is 11.5 Å². The average Bonchev–Trinajstić information content (AvgIpc) is 3.90. The quantitative estimate of drug-likeness (QED) is 0.142. The molecule has 0 atom stereocenters. The summed E-state index contributed by atoms with van der Waals surface area (Å²) in [6.07, 6.45) is 0. The molecular weight excluding hydrogens is 752 g/mol. The molecule has 0 fully saturated rings. The first kappa shape index (κ1) is 38.3. The highest BCUT2D eigenvalue weighted by molar-refractivity contribution is 9.10. The maximum atomic E-state index is 5.22. The van der Waals surface area contributed by atoms with E-state index in [-0.39, 0.29) is 0 Å². The van der Waals surface area contributed by atoms with Gasteiger partial charge in [-0.15, -0.1) is 10.2 Å². The number of aryl methyl sites for hydroxylation is 2. The summed E-state index contributed by atoms with van der Waals surface area (Å²) < 4.78 is 15.1. The van der Waals surface area contributed by atoms with Crippen LogP contribution in [0.2, 0.25) is 0 Å². The molecule has 11 heteroatoms. The van der Waals surface area contributed by atoms with Crippen LogP contribution < -0.4 is 9.47 Å². The number of tetrazole rings is 2. The molecule has 0 radical (unpaired) electrons. The van der Waals surface area contributed by atoms with Crippen molar-refractivity contribution in [2.45, 2.75) is 26.9 Å². The predicted molar refractivity (Wildman–Crippen MR) is 220 cm³/mol. The Morgan fingerprint density at radius 2 is 0.927 bits per heavy atom. The van der Waals surface area contributed by atoms with Crippen LogP contribution in [0.5, 0.6) is 11.5 Å². The molecule has 2 heterocycles. The number of nitrogens with zero attached hydrogens (tertiary/aromatic N) is 8. The fraction of sp³-hybridized carbons (Fsp3) is 0.136. The third-order valence-electron chi connectivity index (χ3n) is 8.62. The summed E-state index contributed by atoms with van der Waals surface area (Å²) in [4.78, 5) is 0. The molecule has 0 amide bonds. The van der Waals surface area contributed by atoms with Gasteiger partial charge >= 0.3 is 0 Å². The van der Waals surface area contributed by atoms with E-state index in [0.717, 1.165) is 61.0 Å². The number of rotatable bonds is 9. The van der Waals surface area contributed by atoms with Gasteiger partial charge in [0.25, 0.3) is 0 Å². The first-order valence-electron chi connectivity index (χ1n) is 17.6. The first-order chi connectivity index (χ1) is 26.9. The maximum Gasteiger partial charge on any atom is 0.182 e. The number of hydrogen-bond acceptors (Lipinski definition) is 8. The van der Waals surface area contributed by atoms with E-state index in [1.165, 1.54) is 11.1 Å². The van der Waals surface area contributed by atoms with Crippen LogP contribution in [0.25, 0.3) is 33.9 Å². The normalized spacial score (nSPS) is 10.4. The molecule has 0 N–H and O–H groups in total. The molecule has 0 bridgehead atoms. The standard InChI is InChI=1S/C22H20N4O.C15H14N4O.C7H7Br/c1-16-7-11-18(12-8-16)20-5-3-4-6-21(20)22-23-24-25-26(22)15-17-9-13-19(27-2)14-10-17;1-20-14-9-7-12(8-10-14)11-19-15(16-17-18-19)13-5-3-2-4-6-13;1-6-2-4-7(8)5-3-6/h3-14H,15H2,1-2H3;2-10H,11H2,1H3;2-5H,1H3. The lowest BCUT2D eigenvalue weighted by Gasteiger charge is -2.11. The fourth-order valence-corrected chi connectivity index (χ4v) is 5.88. The van der Waals surface area contributed by atoms with Crippen LogP contribution in [0.4, 0.5) is 0 Å². The van der Waals surface area contributed by atoms with Gasteiger partial charge in [0, 0.05) is 15.6 Å². The molecule has 6 aromatic carbocycles. The van der Waals surface area contributed by atoms with E-state index in [4.69, 9.17) is 9.47 Å². The topological polar surface area (TPSA) is 106 Å². The van der Waals surface area contributed by atoms with E-state index in [9.17, 15) is 0 Å². The van der Waals surface area contributed by atoms with Crippen LogP contribution in [-0.4, -0.2) is 54.6 Å². The minimum Gasteiger partial charge on any atom is -0.497 e. The summed E-state index contributed by atoms with van der Waals surface area (Å²) >= 11 is 3.35. The monoisotopic (exact) mass is 792 g/mol. The highest BCUT2D eigenvalue weighted by atomic mass is 79.9. The number of benzene rings is 6. The van der Waals surface area contributed by atoms with Gasteiger partial charge in [0.05, 0.1) is 27.3 Å². The Morgan fingerprint density at radius 1 is 0.473 bits per heavy atom. The van der Waals surface area contributed by atoms with Crippen LogP contribution in [0.1, 0.15) is 22.3 Å². The molecule has 10 nitrogen and oxygen atoms in total. The summed E-state index contributed by atoms with van der Waals surface area (Å²) in [6, 6.07) is 50.7. The van der Waals surface area contributed by atoms with E-state index >= 15 is 0 Å². The van der Waals surface area contributed by atoms with E-state index in [0.29, 0.717) is 13.1 Å². The largest absolute Gasteiger partial charge is 0.497 e. The number of halogens is 1. The molecule has 0 aliphatic rings. The van der Waals surface area contributed by atoms with Gasteiger partial charge in [-0.3, -0.25) is 0 Å². The average molecular weight is 794 g/mol. The van der Waals surface area contributed by atoms with Gasteiger partial charge in [0.15, 0.2) is 11.6 Å². The molecule has 0 saturated heterocycles. The molecule has 8 rings (SSSR count). The van der Waals surface area contributed by atoms with Gasteiger partial charge in [-0.05, 0) is 93.4 Å². The smallest absolute Gasteiger partial charge is 0.182 e. The van der Waals surface area contributed by atoms with Crippen LogP contribution >= 0.6 is 15.9 Å². The first-order valence-corrected chi connectivity index (χ1v) is 18.4. The van der Waals surface area contributed by atoms with Crippen molar-refractivity contribution < 1.29 is 9.47 Å². The molecule has 0 spiro atoms. The van der Waals surface area contributed by atoms with Crippen molar-refractivity contribution in [3.8, 4) is 45.4 Å². The van der Waals surface area contributed by atoms with Gasteiger partial charge < -0.3 is 9.47 Å². The van der Waals surface area contributed by atoms with Crippen LogP contribution in [-0.2, 0) is 13.1 Å². The predicted octanol–water partition coefficient (Wildman–Crippen LogP) is 9.53. The zero-order valence-electron chi connectivity index (χ0n) is 31.1. The van der Waals surface area contributed by atoms with Crippen molar-refractivity contribution in [2.75, 3.05) is 14.2 Å². The molecular formula is C44H41BrN8O2. The molecule has 0 aliphatic carbocycles. The Morgan fingerprint density at radius 3 is 1.44 bits per heavy atom. The van der Waals surface area contributed by atoms with Crippen molar-refractivity contribution in [1.29, 1.82) is 0 Å². The molecule has 0 saturated carbocycles. The Labute approximate surface area is 329 Å². The van der Waals surface area contributed by atoms with E-state index < -0.39 is 0 Å². The van der Waals surface area contributed by atoms with Crippen molar-refractivity contribution >= 4 is 15.9 Å². The lowest BCUT2D eigenvalue weighted by atomic mass is 9.98. The minimum atomic E-state index is 0.592. The Kier molecular flexibility index (Phi) is 13.2. The van der Waals surface area contributed by atoms with Crippen LogP contribution in [0.15, 0.2) is 156 Å². The van der Waals surface area contributed by atoms with Gasteiger partial charge in [-0.1, -0.05) is 142 Å². The summed E-state index contributed by atoms with van der Waals surface area (Å²) in [5.74, 6) is 3.19. The van der Waals surface area contributed by atoms with E-state index in [1.54, 1.807) is 18.9 Å². The molecule has 55 heavy (non-hydrogen) atoms. The van der Waals surface area contributed by atoms with Crippen molar-refractivity contribution in [3.05, 3.63) is 178 Å². The Balaban J connectivity index is 0.000000160. The SMILES string of the molecule is COc1ccc(Cn2nnnc2-c2ccccc2)cc1.COc1ccc(Cn2nnnc2-c2ccccc2-c2ccc(C)cc2)cc1.Cc1ccc(Br)cc1. The Bertz CT molecular complexity index is 2340. The Hall–Kier alpha value is -6.46. The number of ether oxygens (including phenoxy) is 2. The number of aromatic nitrogens is 8. The summed E-state index contributed by atoms with van der Waals surface area (Å²) in [5, 5.41) is 24.3. The van der Waals surface area contributed by atoms with Crippen molar-refractivity contribution in [2.24, 2.45) is 0 Å². The van der Waals surface area contributed by atoms with Crippen LogP contribution in [0.3, 0.4) is 0 Å². The summed E-state index contributed by atoms with van der Waals surface area (Å²) in [6.45, 7) is 5.38. The number of hydrogen-bond donors (Lipinski definition) is 0. The molecule has 0 aliphatic heterocycles. The van der Waals surface area contributed by atoms with Gasteiger partial charge in [-0.25, -0.2) is 9.36 Å². The van der Waals surface area contributed by atoms with Gasteiger partial charge in [-0.2, -0.15) is 0 Å². The van der Waals surface area contributed by atoms with Crippen molar-refractivity contribution in [3.63, 3.8) is 0 Å². The van der Waals surface area contributed by atoms with E-state index in [1.807, 2.05) is 108 Å². The van der Waals surface area contributed by atoms with E-state index in [2.05, 4.69) is 109 Å². The zero-order chi connectivity index (χ0) is 38.4. The molecule has 2 aromatic heterocycles. The summed E-state index contributed by atoms with van der Waals surface area (Å²) in [7, 11) is 3.32. The lowest BCUT2D eigenvalue weighted by Crippen LogP contribution is -2.05. The second-order valence-electron chi connectivity index (χ2n) is 12.6. The van der Waals surface area contributed by atoms with Crippen LogP contribution in [0, 0.1) is 13.8 Å².